The minimum Gasteiger partial charge on any atom is -0.454 e. The molecule has 7 aromatic carbocycles. The summed E-state index contributed by atoms with van der Waals surface area (Å²) in [4.78, 5) is 0. The molecule has 0 aliphatic heterocycles. The van der Waals surface area contributed by atoms with Gasteiger partial charge in [-0.1, -0.05) is 91.0 Å². The monoisotopic (exact) mass is 621 g/mol. The van der Waals surface area contributed by atoms with Gasteiger partial charge in [0.25, 0.3) is 0 Å². The standard InChI is InChI=1S/C42H23NOS2/c1-4-14-32-30(10-1)40-33(22-21-29-27-9-2-5-16-36(27)46-42(29)40)43(32)34-15-7-13-28-26-20-19-24(23-35(26)44-41(28)34)25-12-8-18-38-39(25)31-11-3-6-17-37(31)45-38/h1-23H. The van der Waals surface area contributed by atoms with Crippen LogP contribution in [0.25, 0.3) is 101 Å². The Balaban J connectivity index is 1.18. The number of hydrogen-bond acceptors (Lipinski definition) is 3. The maximum atomic E-state index is 6.87. The van der Waals surface area contributed by atoms with Gasteiger partial charge in [-0.2, -0.15) is 0 Å². The van der Waals surface area contributed by atoms with Crippen molar-refractivity contribution in [2.75, 3.05) is 0 Å². The average Bonchev–Trinajstić information content (AvgIpc) is 3.86. The molecule has 0 fully saturated rings. The summed E-state index contributed by atoms with van der Waals surface area (Å²) >= 11 is 3.74. The molecular formula is C42H23NOS2. The quantitative estimate of drug-likeness (QED) is 0.188. The van der Waals surface area contributed by atoms with Gasteiger partial charge >= 0.3 is 0 Å². The highest BCUT2D eigenvalue weighted by Crippen LogP contribution is 2.45. The van der Waals surface area contributed by atoms with Crippen LogP contribution in [0.5, 0.6) is 0 Å². The number of hydrogen-bond donors (Lipinski definition) is 0. The van der Waals surface area contributed by atoms with Crippen molar-refractivity contribution in [3.63, 3.8) is 0 Å². The van der Waals surface area contributed by atoms with Crippen LogP contribution in [-0.4, -0.2) is 4.57 Å². The Bertz CT molecular complexity index is 3040. The van der Waals surface area contributed by atoms with Gasteiger partial charge in [-0.25, -0.2) is 0 Å². The molecule has 0 unspecified atom stereocenters. The van der Waals surface area contributed by atoms with E-state index in [2.05, 4.69) is 144 Å². The van der Waals surface area contributed by atoms with Crippen molar-refractivity contribution in [3.8, 4) is 16.8 Å². The van der Waals surface area contributed by atoms with Crippen LogP contribution in [0.3, 0.4) is 0 Å². The Morgan fingerprint density at radius 3 is 2.09 bits per heavy atom. The third kappa shape index (κ3) is 3.24. The Morgan fingerprint density at radius 2 is 1.17 bits per heavy atom. The zero-order valence-electron chi connectivity index (χ0n) is 24.5. The number of fused-ring (bicyclic) bond motifs is 13. The fourth-order valence-corrected chi connectivity index (χ4v) is 10.0. The summed E-state index contributed by atoms with van der Waals surface area (Å²) in [5, 5.41) is 10.1. The number of furan rings is 1. The first kappa shape index (κ1) is 24.8. The van der Waals surface area contributed by atoms with E-state index in [-0.39, 0.29) is 0 Å². The van der Waals surface area contributed by atoms with Crippen LogP contribution in [0.15, 0.2) is 144 Å². The molecule has 0 radical (unpaired) electrons. The zero-order chi connectivity index (χ0) is 29.9. The summed E-state index contributed by atoms with van der Waals surface area (Å²) < 4.78 is 14.6. The summed E-state index contributed by atoms with van der Waals surface area (Å²) in [6.45, 7) is 0. The van der Waals surface area contributed by atoms with E-state index in [9.17, 15) is 0 Å². The van der Waals surface area contributed by atoms with Crippen LogP contribution < -0.4 is 0 Å². The van der Waals surface area contributed by atoms with Gasteiger partial charge < -0.3 is 8.98 Å². The molecule has 214 valence electrons. The average molecular weight is 622 g/mol. The molecule has 0 N–H and O–H groups in total. The fraction of sp³-hybridized carbons (Fsp3) is 0. The molecule has 0 aliphatic carbocycles. The highest BCUT2D eigenvalue weighted by molar-refractivity contribution is 7.27. The van der Waals surface area contributed by atoms with E-state index < -0.39 is 0 Å². The minimum atomic E-state index is 0.907. The Morgan fingerprint density at radius 1 is 0.457 bits per heavy atom. The maximum Gasteiger partial charge on any atom is 0.159 e. The van der Waals surface area contributed by atoms with Crippen LogP contribution in [0.2, 0.25) is 0 Å². The maximum absolute atomic E-state index is 6.87. The lowest BCUT2D eigenvalue weighted by Crippen LogP contribution is -1.94. The molecule has 0 aliphatic rings. The van der Waals surface area contributed by atoms with Gasteiger partial charge in [-0.05, 0) is 59.7 Å². The third-order valence-corrected chi connectivity index (χ3v) is 12.0. The molecular weight excluding hydrogens is 599 g/mol. The third-order valence-electron chi connectivity index (χ3n) is 9.61. The predicted molar refractivity (Wildman–Crippen MR) is 199 cm³/mol. The van der Waals surface area contributed by atoms with Crippen molar-refractivity contribution < 1.29 is 4.42 Å². The highest BCUT2D eigenvalue weighted by atomic mass is 32.1. The predicted octanol–water partition coefficient (Wildman–Crippen LogP) is 13.1. The van der Waals surface area contributed by atoms with E-state index in [0.717, 1.165) is 27.6 Å². The van der Waals surface area contributed by atoms with Gasteiger partial charge in [0.2, 0.25) is 0 Å². The Hall–Kier alpha value is -5.42. The fourth-order valence-electron chi connectivity index (χ4n) is 7.64. The van der Waals surface area contributed by atoms with Crippen molar-refractivity contribution in [2.45, 2.75) is 0 Å². The van der Waals surface area contributed by atoms with Crippen LogP contribution in [0.1, 0.15) is 0 Å². The van der Waals surface area contributed by atoms with E-state index in [1.807, 2.05) is 22.7 Å². The molecule has 0 spiro atoms. The van der Waals surface area contributed by atoms with E-state index in [1.54, 1.807) is 0 Å². The Labute approximate surface area is 270 Å². The molecule has 0 atom stereocenters. The SMILES string of the molecule is c1ccc2c(c1)sc1c2ccc2c1c1ccccc1n2-c1cccc2c1oc1cc(-c3cccc4sc5ccccc5c34)ccc12. The molecule has 11 aromatic rings. The highest BCUT2D eigenvalue weighted by Gasteiger charge is 2.21. The zero-order valence-corrected chi connectivity index (χ0v) is 26.1. The summed E-state index contributed by atoms with van der Waals surface area (Å²) in [7, 11) is 0. The van der Waals surface area contributed by atoms with Crippen molar-refractivity contribution in [1.29, 1.82) is 0 Å². The summed E-state index contributed by atoms with van der Waals surface area (Å²) in [5.74, 6) is 0. The first-order valence-electron chi connectivity index (χ1n) is 15.5. The van der Waals surface area contributed by atoms with Crippen LogP contribution >= 0.6 is 22.7 Å². The van der Waals surface area contributed by atoms with Gasteiger partial charge in [0, 0.05) is 61.9 Å². The number of thiophene rings is 2. The molecule has 4 heterocycles. The molecule has 46 heavy (non-hydrogen) atoms. The second-order valence-corrected chi connectivity index (χ2v) is 14.2. The summed E-state index contributed by atoms with van der Waals surface area (Å²) in [5.41, 5.74) is 7.68. The largest absolute Gasteiger partial charge is 0.454 e. The van der Waals surface area contributed by atoms with Gasteiger partial charge in [0.15, 0.2) is 5.58 Å². The minimum absolute atomic E-state index is 0.907. The van der Waals surface area contributed by atoms with E-state index in [0.29, 0.717) is 0 Å². The van der Waals surface area contributed by atoms with E-state index in [1.165, 1.54) is 73.3 Å². The van der Waals surface area contributed by atoms with Gasteiger partial charge in [-0.15, -0.1) is 22.7 Å². The Kier molecular flexibility index (Phi) is 4.90. The van der Waals surface area contributed by atoms with Crippen LogP contribution in [0, 0.1) is 0 Å². The smallest absolute Gasteiger partial charge is 0.159 e. The molecule has 4 heteroatoms. The second kappa shape index (κ2) is 9.07. The topological polar surface area (TPSA) is 18.1 Å². The molecule has 0 saturated carbocycles. The first-order valence-corrected chi connectivity index (χ1v) is 17.1. The molecule has 2 nitrogen and oxygen atoms in total. The van der Waals surface area contributed by atoms with Gasteiger partial charge in [0.1, 0.15) is 5.58 Å². The summed E-state index contributed by atoms with van der Waals surface area (Å²) in [6.07, 6.45) is 0. The van der Waals surface area contributed by atoms with Crippen molar-refractivity contribution in [1.82, 2.24) is 4.57 Å². The van der Waals surface area contributed by atoms with E-state index >= 15 is 0 Å². The first-order chi connectivity index (χ1) is 22.8. The number of rotatable bonds is 2. The molecule has 4 aromatic heterocycles. The lowest BCUT2D eigenvalue weighted by Gasteiger charge is -2.08. The van der Waals surface area contributed by atoms with Gasteiger partial charge in [-0.3, -0.25) is 0 Å². The normalized spacial score (nSPS) is 12.3. The molecule has 0 bridgehead atoms. The lowest BCUT2D eigenvalue weighted by molar-refractivity contribution is 0.666. The second-order valence-electron chi connectivity index (χ2n) is 12.0. The van der Waals surface area contributed by atoms with Crippen LogP contribution in [0.4, 0.5) is 0 Å². The van der Waals surface area contributed by atoms with Crippen LogP contribution in [-0.2, 0) is 0 Å². The van der Waals surface area contributed by atoms with Crippen molar-refractivity contribution in [2.24, 2.45) is 0 Å². The number of nitrogens with zero attached hydrogens (tertiary/aromatic N) is 1. The lowest BCUT2D eigenvalue weighted by atomic mass is 9.98. The molecule has 0 saturated heterocycles. The van der Waals surface area contributed by atoms with E-state index in [4.69, 9.17) is 4.42 Å². The number of aromatic nitrogens is 1. The number of para-hydroxylation sites is 2. The molecule has 0 amide bonds. The van der Waals surface area contributed by atoms with Gasteiger partial charge in [0.05, 0.1) is 16.7 Å². The van der Waals surface area contributed by atoms with Crippen molar-refractivity contribution >= 4 is 107 Å². The molecule has 11 rings (SSSR count). The summed E-state index contributed by atoms with van der Waals surface area (Å²) in [6, 6.07) is 50.7. The van der Waals surface area contributed by atoms with Crippen molar-refractivity contribution in [3.05, 3.63) is 140 Å². The number of benzene rings is 7.